The zero-order chi connectivity index (χ0) is 6.85. The summed E-state index contributed by atoms with van der Waals surface area (Å²) in [6.45, 7) is 0. The van der Waals surface area contributed by atoms with Crippen LogP contribution in [-0.2, 0) is 0 Å². The van der Waals surface area contributed by atoms with Crippen molar-refractivity contribution in [2.24, 2.45) is 0 Å². The van der Waals surface area contributed by atoms with Gasteiger partial charge in [-0.3, -0.25) is 0 Å². The molecular formula is C6H7Cl2NS. The molecule has 0 aliphatic heterocycles. The first-order chi connectivity index (χ1) is 4.20. The Labute approximate surface area is 76.4 Å². The first kappa shape index (κ1) is 9.95. The molecule has 1 rings (SSSR count). The Bertz CT molecular complexity index is 227. The molecule has 0 atom stereocenters. The molecular weight excluding hydrogens is 189 g/mol. The Morgan fingerprint density at radius 3 is 2.40 bits per heavy atom. The van der Waals surface area contributed by atoms with Crippen molar-refractivity contribution in [3.63, 3.8) is 0 Å². The summed E-state index contributed by atoms with van der Waals surface area (Å²) < 4.78 is 0. The van der Waals surface area contributed by atoms with Crippen LogP contribution in [0.15, 0.2) is 23.1 Å². The number of thiol groups is 1. The van der Waals surface area contributed by atoms with Crippen LogP contribution in [0, 0.1) is 0 Å². The first-order valence-electron chi connectivity index (χ1n) is 2.44. The van der Waals surface area contributed by atoms with Crippen molar-refractivity contribution < 1.29 is 0 Å². The van der Waals surface area contributed by atoms with Gasteiger partial charge < -0.3 is 5.73 Å². The van der Waals surface area contributed by atoms with E-state index >= 15 is 0 Å². The van der Waals surface area contributed by atoms with E-state index in [-0.39, 0.29) is 12.4 Å². The molecule has 1 aromatic rings. The Morgan fingerprint density at radius 2 is 2.00 bits per heavy atom. The fourth-order valence-corrected chi connectivity index (χ4v) is 0.862. The second kappa shape index (κ2) is 3.96. The minimum absolute atomic E-state index is 0. The number of halogens is 2. The fourth-order valence-electron chi connectivity index (χ4n) is 0.531. The summed E-state index contributed by atoms with van der Waals surface area (Å²) in [6.07, 6.45) is 0. The Kier molecular flexibility index (Phi) is 3.94. The molecule has 2 N–H and O–H groups in total. The third-order valence-corrected chi connectivity index (χ3v) is 1.60. The smallest absolute Gasteiger partial charge is 0.0636 e. The largest absolute Gasteiger partial charge is 0.397 e. The van der Waals surface area contributed by atoms with E-state index in [0.717, 1.165) is 4.90 Å². The highest BCUT2D eigenvalue weighted by atomic mass is 35.5. The van der Waals surface area contributed by atoms with Crippen molar-refractivity contribution in [3.05, 3.63) is 23.2 Å². The Morgan fingerprint density at radius 1 is 1.40 bits per heavy atom. The van der Waals surface area contributed by atoms with Crippen LogP contribution < -0.4 is 5.73 Å². The lowest BCUT2D eigenvalue weighted by Crippen LogP contribution is -1.84. The molecule has 0 saturated heterocycles. The summed E-state index contributed by atoms with van der Waals surface area (Å²) in [5, 5.41) is 0.577. The average molecular weight is 196 g/mol. The molecule has 0 bridgehead atoms. The van der Waals surface area contributed by atoms with Gasteiger partial charge in [-0.2, -0.15) is 0 Å². The number of hydrogen-bond donors (Lipinski definition) is 2. The van der Waals surface area contributed by atoms with E-state index in [1.54, 1.807) is 18.2 Å². The standard InChI is InChI=1S/C6H6ClNS.ClH/c7-5-2-1-4(9)3-6(5)8;/h1-3,9H,8H2;1H. The van der Waals surface area contributed by atoms with Crippen LogP contribution in [0.25, 0.3) is 0 Å². The van der Waals surface area contributed by atoms with E-state index in [2.05, 4.69) is 12.6 Å². The summed E-state index contributed by atoms with van der Waals surface area (Å²) in [5.74, 6) is 0. The molecule has 10 heavy (non-hydrogen) atoms. The molecule has 0 spiro atoms. The van der Waals surface area contributed by atoms with Crippen LogP contribution in [0.2, 0.25) is 5.02 Å². The van der Waals surface area contributed by atoms with Gasteiger partial charge in [-0.15, -0.1) is 25.0 Å². The van der Waals surface area contributed by atoms with Crippen LogP contribution in [0.5, 0.6) is 0 Å². The molecule has 0 saturated carbocycles. The third kappa shape index (κ3) is 2.29. The van der Waals surface area contributed by atoms with Crippen molar-refractivity contribution in [2.75, 3.05) is 5.73 Å². The molecule has 0 radical (unpaired) electrons. The van der Waals surface area contributed by atoms with E-state index < -0.39 is 0 Å². The lowest BCUT2D eigenvalue weighted by Gasteiger charge is -1.95. The second-order valence-corrected chi connectivity index (χ2v) is 2.63. The van der Waals surface area contributed by atoms with Gasteiger partial charge in [0.05, 0.1) is 10.7 Å². The number of nitrogens with two attached hydrogens (primary N) is 1. The molecule has 1 aromatic carbocycles. The summed E-state index contributed by atoms with van der Waals surface area (Å²) in [6, 6.07) is 5.23. The van der Waals surface area contributed by atoms with Gasteiger partial charge in [0, 0.05) is 4.90 Å². The molecule has 56 valence electrons. The maximum Gasteiger partial charge on any atom is 0.0636 e. The predicted molar refractivity (Wildman–Crippen MR) is 50.4 cm³/mol. The molecule has 0 heterocycles. The lowest BCUT2D eigenvalue weighted by molar-refractivity contribution is 1.48. The van der Waals surface area contributed by atoms with Crippen molar-refractivity contribution in [2.45, 2.75) is 4.90 Å². The van der Waals surface area contributed by atoms with Gasteiger partial charge in [0.15, 0.2) is 0 Å². The Balaban J connectivity index is 0.000000810. The van der Waals surface area contributed by atoms with Gasteiger partial charge in [0.1, 0.15) is 0 Å². The maximum atomic E-state index is 5.62. The molecule has 0 aromatic heterocycles. The summed E-state index contributed by atoms with van der Waals surface area (Å²) in [7, 11) is 0. The highest BCUT2D eigenvalue weighted by Gasteiger charge is 1.92. The number of benzene rings is 1. The molecule has 0 fully saturated rings. The molecule has 1 nitrogen and oxygen atoms in total. The van der Waals surface area contributed by atoms with Crippen molar-refractivity contribution in [1.29, 1.82) is 0 Å². The van der Waals surface area contributed by atoms with Crippen LogP contribution >= 0.6 is 36.6 Å². The van der Waals surface area contributed by atoms with E-state index in [1.807, 2.05) is 0 Å². The number of nitrogen functional groups attached to an aromatic ring is 1. The monoisotopic (exact) mass is 195 g/mol. The zero-order valence-electron chi connectivity index (χ0n) is 5.04. The van der Waals surface area contributed by atoms with Crippen molar-refractivity contribution >= 4 is 42.3 Å². The van der Waals surface area contributed by atoms with E-state index in [0.29, 0.717) is 10.7 Å². The third-order valence-electron chi connectivity index (χ3n) is 0.980. The van der Waals surface area contributed by atoms with Gasteiger partial charge in [-0.25, -0.2) is 0 Å². The molecule has 0 unspecified atom stereocenters. The fraction of sp³-hybridized carbons (Fsp3) is 0. The SMILES string of the molecule is Cl.Nc1cc(S)ccc1Cl. The summed E-state index contributed by atoms with van der Waals surface area (Å²) >= 11 is 9.68. The maximum absolute atomic E-state index is 5.62. The van der Waals surface area contributed by atoms with Gasteiger partial charge in [0.25, 0.3) is 0 Å². The average Bonchev–Trinajstić information content (AvgIpc) is 1.80. The quantitative estimate of drug-likeness (QED) is 0.484. The van der Waals surface area contributed by atoms with Crippen molar-refractivity contribution in [3.8, 4) is 0 Å². The van der Waals surface area contributed by atoms with Crippen LogP contribution in [0.3, 0.4) is 0 Å². The molecule has 4 heteroatoms. The summed E-state index contributed by atoms with van der Waals surface area (Å²) in [4.78, 5) is 0.830. The van der Waals surface area contributed by atoms with E-state index in [1.165, 1.54) is 0 Å². The van der Waals surface area contributed by atoms with Crippen molar-refractivity contribution in [1.82, 2.24) is 0 Å². The molecule has 0 aliphatic carbocycles. The Hall–Kier alpha value is -0.0500. The van der Waals surface area contributed by atoms with Gasteiger partial charge in [-0.1, -0.05) is 11.6 Å². The normalized spacial score (nSPS) is 8.60. The minimum atomic E-state index is 0. The topological polar surface area (TPSA) is 26.0 Å². The number of rotatable bonds is 0. The van der Waals surface area contributed by atoms with E-state index in [9.17, 15) is 0 Å². The predicted octanol–water partition coefficient (Wildman–Crippen LogP) is 2.63. The lowest BCUT2D eigenvalue weighted by atomic mass is 10.3. The molecule has 0 amide bonds. The highest BCUT2D eigenvalue weighted by molar-refractivity contribution is 7.80. The van der Waals surface area contributed by atoms with E-state index in [4.69, 9.17) is 17.3 Å². The van der Waals surface area contributed by atoms with Gasteiger partial charge >= 0.3 is 0 Å². The van der Waals surface area contributed by atoms with Gasteiger partial charge in [-0.05, 0) is 18.2 Å². The zero-order valence-corrected chi connectivity index (χ0v) is 7.51. The minimum Gasteiger partial charge on any atom is -0.397 e. The summed E-state index contributed by atoms with van der Waals surface area (Å²) in [5.41, 5.74) is 6.01. The number of anilines is 1. The molecule has 0 aliphatic rings. The highest BCUT2D eigenvalue weighted by Crippen LogP contribution is 2.20. The van der Waals surface area contributed by atoms with Crippen LogP contribution in [-0.4, -0.2) is 0 Å². The van der Waals surface area contributed by atoms with Crippen LogP contribution in [0.4, 0.5) is 5.69 Å². The number of hydrogen-bond acceptors (Lipinski definition) is 2. The van der Waals surface area contributed by atoms with Gasteiger partial charge in [0.2, 0.25) is 0 Å². The first-order valence-corrected chi connectivity index (χ1v) is 3.26. The second-order valence-electron chi connectivity index (χ2n) is 1.71. The van der Waals surface area contributed by atoms with Crippen LogP contribution in [0.1, 0.15) is 0 Å².